The van der Waals surface area contributed by atoms with Crippen LogP contribution in [0.25, 0.3) is 0 Å². The van der Waals surface area contributed by atoms with Crippen molar-refractivity contribution in [3.63, 3.8) is 0 Å². The number of likely N-dealkylation sites (tertiary alicyclic amines) is 1. The molecule has 1 aromatic carbocycles. The van der Waals surface area contributed by atoms with Gasteiger partial charge in [0.1, 0.15) is 11.6 Å². The van der Waals surface area contributed by atoms with Crippen LogP contribution in [0.1, 0.15) is 41.7 Å². The van der Waals surface area contributed by atoms with Crippen LogP contribution < -0.4 is 4.90 Å². The average Bonchev–Trinajstić information content (AvgIpc) is 3.52. The smallest absolute Gasteiger partial charge is 0.170 e. The van der Waals surface area contributed by atoms with Gasteiger partial charge in [0.15, 0.2) is 5.78 Å². The quantitative estimate of drug-likeness (QED) is 0.619. The molecule has 1 aromatic heterocycles. The van der Waals surface area contributed by atoms with E-state index in [1.807, 2.05) is 18.2 Å². The molecular formula is C23H27ClFN3O. The van der Waals surface area contributed by atoms with Crippen molar-refractivity contribution in [2.24, 2.45) is 5.92 Å². The molecule has 1 aliphatic carbocycles. The molecule has 0 radical (unpaired) electrons. The first-order chi connectivity index (χ1) is 14.0. The van der Waals surface area contributed by atoms with Crippen molar-refractivity contribution in [3.05, 3.63) is 58.5 Å². The minimum Gasteiger partial charge on any atom is -0.357 e. The van der Waals surface area contributed by atoms with Crippen LogP contribution in [0, 0.1) is 11.7 Å². The minimum absolute atomic E-state index is 0.140. The van der Waals surface area contributed by atoms with Crippen LogP contribution in [0.2, 0.25) is 5.02 Å². The molecule has 0 atom stereocenters. The fraction of sp³-hybridized carbons (Fsp3) is 0.478. The molecule has 2 heterocycles. The standard InChI is InChI=1S/C23H27ClFN3O/c1-27(19-9-11-28(12-10-19)15-16-5-6-16)23-4-2-3-18(26-23)14-22(29)20-8-7-17(25)13-21(20)24/h2-4,7-8,13,16,19H,5-6,9-12,14-15H2,1H3. The van der Waals surface area contributed by atoms with Crippen molar-refractivity contribution in [2.45, 2.75) is 38.1 Å². The Morgan fingerprint density at radius 2 is 1.97 bits per heavy atom. The van der Waals surface area contributed by atoms with E-state index >= 15 is 0 Å². The van der Waals surface area contributed by atoms with Crippen molar-refractivity contribution in [2.75, 3.05) is 31.6 Å². The zero-order valence-electron chi connectivity index (χ0n) is 16.8. The Labute approximate surface area is 176 Å². The van der Waals surface area contributed by atoms with Gasteiger partial charge >= 0.3 is 0 Å². The lowest BCUT2D eigenvalue weighted by Crippen LogP contribution is -2.44. The zero-order valence-corrected chi connectivity index (χ0v) is 17.5. The van der Waals surface area contributed by atoms with Gasteiger partial charge in [0.05, 0.1) is 17.1 Å². The molecule has 1 aliphatic heterocycles. The van der Waals surface area contributed by atoms with Crippen molar-refractivity contribution in [1.29, 1.82) is 0 Å². The van der Waals surface area contributed by atoms with Gasteiger partial charge in [-0.05, 0) is 61.9 Å². The second kappa shape index (κ2) is 8.80. The lowest BCUT2D eigenvalue weighted by atomic mass is 10.0. The molecule has 0 spiro atoms. The molecule has 2 aliphatic rings. The Hall–Kier alpha value is -1.98. The van der Waals surface area contributed by atoms with E-state index in [4.69, 9.17) is 16.6 Å². The van der Waals surface area contributed by atoms with Gasteiger partial charge in [-0.2, -0.15) is 0 Å². The number of pyridine rings is 1. The zero-order chi connectivity index (χ0) is 20.4. The van der Waals surface area contributed by atoms with Gasteiger partial charge in [-0.25, -0.2) is 9.37 Å². The van der Waals surface area contributed by atoms with Crippen LogP contribution in [0.3, 0.4) is 0 Å². The summed E-state index contributed by atoms with van der Waals surface area (Å²) in [5.41, 5.74) is 1.03. The summed E-state index contributed by atoms with van der Waals surface area (Å²) in [5.74, 6) is 1.23. The maximum absolute atomic E-state index is 13.2. The summed E-state index contributed by atoms with van der Waals surface area (Å²) in [7, 11) is 2.09. The van der Waals surface area contributed by atoms with Gasteiger partial charge in [-0.1, -0.05) is 17.7 Å². The molecule has 1 saturated carbocycles. The number of hydrogen-bond donors (Lipinski definition) is 0. The number of hydrogen-bond acceptors (Lipinski definition) is 4. The first-order valence-corrected chi connectivity index (χ1v) is 10.8. The number of ketones is 1. The number of piperidine rings is 1. The van der Waals surface area contributed by atoms with Crippen LogP contribution >= 0.6 is 11.6 Å². The highest BCUT2D eigenvalue weighted by Crippen LogP contribution is 2.31. The number of nitrogens with zero attached hydrogens (tertiary/aromatic N) is 3. The lowest BCUT2D eigenvalue weighted by molar-refractivity contribution is 0.0992. The second-order valence-corrected chi connectivity index (χ2v) is 8.70. The molecule has 0 N–H and O–H groups in total. The summed E-state index contributed by atoms with van der Waals surface area (Å²) in [6, 6.07) is 10.1. The number of halogens is 2. The topological polar surface area (TPSA) is 36.4 Å². The summed E-state index contributed by atoms with van der Waals surface area (Å²) in [4.78, 5) is 22.1. The third-order valence-corrected chi connectivity index (χ3v) is 6.36. The molecule has 0 unspecified atom stereocenters. The molecule has 0 amide bonds. The maximum Gasteiger partial charge on any atom is 0.170 e. The Morgan fingerprint density at radius 3 is 2.66 bits per heavy atom. The summed E-state index contributed by atoms with van der Waals surface area (Å²) >= 11 is 6.03. The minimum atomic E-state index is -0.448. The van der Waals surface area contributed by atoms with Crippen molar-refractivity contribution in [3.8, 4) is 0 Å². The first kappa shape index (κ1) is 20.3. The van der Waals surface area contributed by atoms with Crippen molar-refractivity contribution in [1.82, 2.24) is 9.88 Å². The highest BCUT2D eigenvalue weighted by molar-refractivity contribution is 6.34. The van der Waals surface area contributed by atoms with Gasteiger partial charge < -0.3 is 9.80 Å². The first-order valence-electron chi connectivity index (χ1n) is 10.4. The van der Waals surface area contributed by atoms with E-state index in [0.717, 1.165) is 37.7 Å². The average molecular weight is 416 g/mol. The fourth-order valence-corrected chi connectivity index (χ4v) is 4.35. The number of Topliss-reactive ketones (excluding diaryl/α,β-unsaturated/α-hetero) is 1. The molecular weight excluding hydrogens is 389 g/mol. The summed E-state index contributed by atoms with van der Waals surface area (Å²) < 4.78 is 13.2. The lowest BCUT2D eigenvalue weighted by Gasteiger charge is -2.37. The Kier molecular flexibility index (Phi) is 6.16. The molecule has 29 heavy (non-hydrogen) atoms. The van der Waals surface area contributed by atoms with Gasteiger partial charge in [-0.3, -0.25) is 4.79 Å². The van der Waals surface area contributed by atoms with E-state index < -0.39 is 5.82 Å². The third-order valence-electron chi connectivity index (χ3n) is 6.04. The fourth-order valence-electron chi connectivity index (χ4n) is 4.08. The molecule has 4 nitrogen and oxygen atoms in total. The monoisotopic (exact) mass is 415 g/mol. The number of aromatic nitrogens is 1. The highest BCUT2D eigenvalue weighted by Gasteiger charge is 2.28. The van der Waals surface area contributed by atoms with E-state index in [0.29, 0.717) is 17.3 Å². The van der Waals surface area contributed by atoms with Crippen molar-refractivity contribution < 1.29 is 9.18 Å². The number of benzene rings is 1. The molecule has 2 aromatic rings. The van der Waals surface area contributed by atoms with Crippen LogP contribution in [0.5, 0.6) is 0 Å². The number of rotatable bonds is 7. The number of anilines is 1. The van der Waals surface area contributed by atoms with Crippen LogP contribution in [0.4, 0.5) is 10.2 Å². The van der Waals surface area contributed by atoms with Crippen LogP contribution in [-0.4, -0.2) is 48.4 Å². The van der Waals surface area contributed by atoms with E-state index in [-0.39, 0.29) is 17.2 Å². The van der Waals surface area contributed by atoms with Gasteiger partial charge in [-0.15, -0.1) is 0 Å². The van der Waals surface area contributed by atoms with Crippen LogP contribution in [0.15, 0.2) is 36.4 Å². The molecule has 154 valence electrons. The molecule has 1 saturated heterocycles. The van der Waals surface area contributed by atoms with E-state index in [2.05, 4.69) is 16.8 Å². The number of carbonyl (C=O) groups excluding carboxylic acids is 1. The predicted octanol–water partition coefficient (Wildman–Crippen LogP) is 4.61. The van der Waals surface area contributed by atoms with Gasteiger partial charge in [0, 0.05) is 38.3 Å². The summed E-state index contributed by atoms with van der Waals surface area (Å²) in [6.07, 6.45) is 5.22. The molecule has 2 fully saturated rings. The maximum atomic E-state index is 13.2. The van der Waals surface area contributed by atoms with Gasteiger partial charge in [0.25, 0.3) is 0 Å². The normalized spacial score (nSPS) is 18.0. The van der Waals surface area contributed by atoms with Crippen molar-refractivity contribution >= 4 is 23.2 Å². The van der Waals surface area contributed by atoms with Gasteiger partial charge in [0.2, 0.25) is 0 Å². The highest BCUT2D eigenvalue weighted by atomic mass is 35.5. The molecule has 4 rings (SSSR count). The Morgan fingerprint density at radius 1 is 1.21 bits per heavy atom. The third kappa shape index (κ3) is 5.14. The van der Waals surface area contributed by atoms with Crippen LogP contribution in [-0.2, 0) is 6.42 Å². The van der Waals surface area contributed by atoms with E-state index in [1.165, 1.54) is 37.6 Å². The SMILES string of the molecule is CN(c1cccc(CC(=O)c2ccc(F)cc2Cl)n1)C1CCN(CC2CC2)CC1. The molecule has 0 bridgehead atoms. The molecule has 6 heteroatoms. The second-order valence-electron chi connectivity index (χ2n) is 8.30. The Bertz CT molecular complexity index is 878. The largest absolute Gasteiger partial charge is 0.357 e. The van der Waals surface area contributed by atoms with E-state index in [1.54, 1.807) is 0 Å². The number of carbonyl (C=O) groups is 1. The predicted molar refractivity (Wildman–Crippen MR) is 114 cm³/mol. The summed E-state index contributed by atoms with van der Waals surface area (Å²) in [5, 5.41) is 0.140. The van der Waals surface area contributed by atoms with E-state index in [9.17, 15) is 9.18 Å². The Balaban J connectivity index is 1.38. The summed E-state index contributed by atoms with van der Waals surface area (Å²) in [6.45, 7) is 3.55.